The second kappa shape index (κ2) is 5.62. The first-order valence-corrected chi connectivity index (χ1v) is 6.36. The highest BCUT2D eigenvalue weighted by Gasteiger charge is 2.12. The second-order valence-corrected chi connectivity index (χ2v) is 4.25. The molecule has 0 amide bonds. The van der Waals surface area contributed by atoms with Crippen molar-refractivity contribution in [3.8, 4) is 0 Å². The predicted molar refractivity (Wildman–Crippen MR) is 73.0 cm³/mol. The minimum absolute atomic E-state index is 0.339. The van der Waals surface area contributed by atoms with E-state index in [0.29, 0.717) is 5.65 Å². The molecule has 5 heteroatoms. The van der Waals surface area contributed by atoms with E-state index >= 15 is 0 Å². The van der Waals surface area contributed by atoms with Gasteiger partial charge in [0, 0.05) is 19.3 Å². The highest BCUT2D eigenvalue weighted by atomic mass is 16.1. The minimum Gasteiger partial charge on any atom is -0.356 e. The van der Waals surface area contributed by atoms with Crippen molar-refractivity contribution in [2.75, 3.05) is 18.0 Å². The fourth-order valence-electron chi connectivity index (χ4n) is 2.08. The van der Waals surface area contributed by atoms with Crippen LogP contribution in [0.2, 0.25) is 0 Å². The summed E-state index contributed by atoms with van der Waals surface area (Å²) in [6.07, 6.45) is 3.72. The van der Waals surface area contributed by atoms with Gasteiger partial charge in [0.05, 0.1) is 5.39 Å². The zero-order valence-electron chi connectivity index (χ0n) is 10.8. The summed E-state index contributed by atoms with van der Waals surface area (Å²) in [6.45, 7) is 6.04. The molecule has 18 heavy (non-hydrogen) atoms. The van der Waals surface area contributed by atoms with Crippen molar-refractivity contribution in [3.63, 3.8) is 0 Å². The molecule has 2 rings (SSSR count). The molecule has 2 heterocycles. The smallest absolute Gasteiger partial charge is 0.348 e. The number of fused-ring (bicyclic) bond motifs is 1. The van der Waals surface area contributed by atoms with E-state index in [1.807, 2.05) is 12.1 Å². The maximum atomic E-state index is 11.6. The molecule has 0 aliphatic heterocycles. The fourth-order valence-corrected chi connectivity index (χ4v) is 2.08. The Balaban J connectivity index is 2.56. The fraction of sp³-hybridized carbons (Fsp3) is 0.462. The van der Waals surface area contributed by atoms with Gasteiger partial charge in [-0.05, 0) is 25.0 Å². The lowest BCUT2D eigenvalue weighted by Crippen LogP contribution is -2.28. The molecule has 0 saturated heterocycles. The molecule has 1 N–H and O–H groups in total. The van der Waals surface area contributed by atoms with Crippen LogP contribution in [-0.4, -0.2) is 28.0 Å². The first-order valence-electron chi connectivity index (χ1n) is 6.36. The number of hydrogen-bond acceptors (Lipinski definition) is 4. The summed E-state index contributed by atoms with van der Waals surface area (Å²) in [5.41, 5.74) is 0.262. The van der Waals surface area contributed by atoms with Crippen molar-refractivity contribution in [2.45, 2.75) is 26.7 Å². The Labute approximate surface area is 106 Å². The molecule has 2 aromatic heterocycles. The molecule has 0 unspecified atom stereocenters. The van der Waals surface area contributed by atoms with Crippen LogP contribution in [0.4, 0.5) is 5.82 Å². The molecule has 0 aromatic carbocycles. The van der Waals surface area contributed by atoms with Gasteiger partial charge in [-0.15, -0.1) is 0 Å². The quantitative estimate of drug-likeness (QED) is 0.875. The van der Waals surface area contributed by atoms with Gasteiger partial charge in [-0.1, -0.05) is 13.8 Å². The number of nitrogens with one attached hydrogen (secondary N) is 1. The van der Waals surface area contributed by atoms with Gasteiger partial charge in [-0.3, -0.25) is 4.98 Å². The summed E-state index contributed by atoms with van der Waals surface area (Å²) in [4.78, 5) is 24.7. The normalized spacial score (nSPS) is 10.8. The molecule has 0 fully saturated rings. The molecule has 0 aliphatic rings. The summed E-state index contributed by atoms with van der Waals surface area (Å²) >= 11 is 0. The molecular weight excluding hydrogens is 228 g/mol. The Morgan fingerprint density at radius 2 is 2.00 bits per heavy atom. The Bertz CT molecular complexity index is 572. The van der Waals surface area contributed by atoms with Gasteiger partial charge in [0.25, 0.3) is 0 Å². The van der Waals surface area contributed by atoms with Crippen molar-refractivity contribution >= 4 is 16.9 Å². The van der Waals surface area contributed by atoms with Crippen molar-refractivity contribution in [3.05, 3.63) is 28.8 Å². The molecule has 0 saturated carbocycles. The predicted octanol–water partition coefficient (Wildman–Crippen LogP) is 1.94. The van der Waals surface area contributed by atoms with Crippen molar-refractivity contribution in [2.24, 2.45) is 0 Å². The Hall–Kier alpha value is -1.91. The lowest BCUT2D eigenvalue weighted by molar-refractivity contribution is 0.734. The molecule has 5 nitrogen and oxygen atoms in total. The van der Waals surface area contributed by atoms with E-state index in [9.17, 15) is 4.79 Å². The number of anilines is 1. The molecule has 0 atom stereocenters. The van der Waals surface area contributed by atoms with Gasteiger partial charge in [0.15, 0.2) is 0 Å². The largest absolute Gasteiger partial charge is 0.356 e. The Morgan fingerprint density at radius 1 is 1.28 bits per heavy atom. The van der Waals surface area contributed by atoms with Gasteiger partial charge >= 0.3 is 5.69 Å². The van der Waals surface area contributed by atoms with E-state index in [1.54, 1.807) is 6.20 Å². The first kappa shape index (κ1) is 12.5. The second-order valence-electron chi connectivity index (χ2n) is 4.25. The maximum absolute atomic E-state index is 11.6. The van der Waals surface area contributed by atoms with Crippen LogP contribution in [0.15, 0.2) is 23.1 Å². The molecule has 0 aliphatic carbocycles. The monoisotopic (exact) mass is 246 g/mol. The molecule has 0 radical (unpaired) electrons. The average molecular weight is 246 g/mol. The van der Waals surface area contributed by atoms with Gasteiger partial charge < -0.3 is 4.90 Å². The number of rotatable bonds is 5. The SMILES string of the molecule is CCCN(CCC)c1nc(=O)[nH]c2ncccc12. The molecule has 2 aromatic rings. The van der Waals surface area contributed by atoms with E-state index in [0.717, 1.165) is 37.1 Å². The third-order valence-corrected chi connectivity index (χ3v) is 2.77. The Morgan fingerprint density at radius 3 is 2.67 bits per heavy atom. The third kappa shape index (κ3) is 2.50. The molecule has 96 valence electrons. The highest BCUT2D eigenvalue weighted by molar-refractivity contribution is 5.86. The topological polar surface area (TPSA) is 61.9 Å². The number of H-pyrrole nitrogens is 1. The van der Waals surface area contributed by atoms with Crippen LogP contribution in [0.25, 0.3) is 11.0 Å². The van der Waals surface area contributed by atoms with Crippen LogP contribution in [0, 0.1) is 0 Å². The van der Waals surface area contributed by atoms with E-state index < -0.39 is 0 Å². The zero-order valence-corrected chi connectivity index (χ0v) is 10.8. The van der Waals surface area contributed by atoms with Crippen LogP contribution < -0.4 is 10.6 Å². The van der Waals surface area contributed by atoms with Crippen molar-refractivity contribution in [1.82, 2.24) is 15.0 Å². The van der Waals surface area contributed by atoms with Gasteiger partial charge in [-0.2, -0.15) is 4.98 Å². The summed E-state index contributed by atoms with van der Waals surface area (Å²) < 4.78 is 0. The summed E-state index contributed by atoms with van der Waals surface area (Å²) in [5, 5.41) is 0.902. The van der Waals surface area contributed by atoms with Gasteiger partial charge in [-0.25, -0.2) is 9.78 Å². The minimum atomic E-state index is -0.339. The first-order chi connectivity index (χ1) is 8.76. The highest BCUT2D eigenvalue weighted by Crippen LogP contribution is 2.20. The zero-order chi connectivity index (χ0) is 13.0. The van der Waals surface area contributed by atoms with Crippen LogP contribution >= 0.6 is 0 Å². The van der Waals surface area contributed by atoms with E-state index in [1.165, 1.54) is 0 Å². The van der Waals surface area contributed by atoms with E-state index in [2.05, 4.69) is 33.7 Å². The lowest BCUT2D eigenvalue weighted by atomic mass is 10.2. The number of nitrogens with zero attached hydrogens (tertiary/aromatic N) is 3. The van der Waals surface area contributed by atoms with Crippen LogP contribution in [-0.2, 0) is 0 Å². The molecule has 0 bridgehead atoms. The van der Waals surface area contributed by atoms with Gasteiger partial charge in [0.2, 0.25) is 0 Å². The number of pyridine rings is 1. The standard InChI is InChI=1S/C13H18N4O/c1-3-8-17(9-4-2)12-10-6-5-7-14-11(10)15-13(18)16-12/h5-7H,3-4,8-9H2,1-2H3,(H,14,15,16,18). The lowest BCUT2D eigenvalue weighted by Gasteiger charge is -2.23. The molecular formula is C13H18N4O. The molecule has 0 spiro atoms. The maximum Gasteiger partial charge on any atom is 0.348 e. The Kier molecular flexibility index (Phi) is 3.92. The van der Waals surface area contributed by atoms with Gasteiger partial charge in [0.1, 0.15) is 11.5 Å². The summed E-state index contributed by atoms with van der Waals surface area (Å²) in [7, 11) is 0. The number of aromatic nitrogens is 3. The van der Waals surface area contributed by atoms with Crippen molar-refractivity contribution in [1.29, 1.82) is 0 Å². The summed E-state index contributed by atoms with van der Waals surface area (Å²) in [5.74, 6) is 0.741. The van der Waals surface area contributed by atoms with Crippen LogP contribution in [0.3, 0.4) is 0 Å². The number of aromatic amines is 1. The summed E-state index contributed by atoms with van der Waals surface area (Å²) in [6, 6.07) is 3.81. The van der Waals surface area contributed by atoms with Crippen LogP contribution in [0.5, 0.6) is 0 Å². The van der Waals surface area contributed by atoms with E-state index in [-0.39, 0.29) is 5.69 Å². The van der Waals surface area contributed by atoms with E-state index in [4.69, 9.17) is 0 Å². The third-order valence-electron chi connectivity index (χ3n) is 2.77. The average Bonchev–Trinajstić information content (AvgIpc) is 2.37. The van der Waals surface area contributed by atoms with Crippen molar-refractivity contribution < 1.29 is 0 Å². The number of hydrogen-bond donors (Lipinski definition) is 1. The van der Waals surface area contributed by atoms with Crippen LogP contribution in [0.1, 0.15) is 26.7 Å².